The second kappa shape index (κ2) is 7.96. The minimum absolute atomic E-state index is 0.303. The fourth-order valence-electron chi connectivity index (χ4n) is 1.20. The van der Waals surface area contributed by atoms with Gasteiger partial charge in [0.15, 0.2) is 11.2 Å². The van der Waals surface area contributed by atoms with Crippen molar-refractivity contribution in [2.45, 2.75) is 20.0 Å². The van der Waals surface area contributed by atoms with Gasteiger partial charge in [-0.3, -0.25) is 15.6 Å². The van der Waals surface area contributed by atoms with E-state index < -0.39 is 6.10 Å². The Balaban J connectivity index is 2.40. The molecule has 0 saturated heterocycles. The summed E-state index contributed by atoms with van der Waals surface area (Å²) in [5.74, 6) is 0.322. The largest absolute Gasteiger partial charge is 0.481 e. The topological polar surface area (TPSA) is 62.4 Å². The summed E-state index contributed by atoms with van der Waals surface area (Å²) in [5.41, 5.74) is 5.06. The standard InChI is InChI=1S/C12H16BrN3O2S/c1-3-14-12(19)16-15-11(17)8(2)18-10-6-4-9(13)5-7-10/h4-8H,3H2,1-2H3,(H,15,17)(H2,14,16,19)/t8-/m1/s1. The predicted molar refractivity (Wildman–Crippen MR) is 81.8 cm³/mol. The lowest BCUT2D eigenvalue weighted by Crippen LogP contribution is -2.50. The average Bonchev–Trinajstić information content (AvgIpc) is 2.39. The Bertz CT molecular complexity index is 439. The van der Waals surface area contributed by atoms with E-state index >= 15 is 0 Å². The number of carbonyl (C=O) groups excluding carboxylic acids is 1. The van der Waals surface area contributed by atoms with Crippen LogP contribution in [0.15, 0.2) is 28.7 Å². The maximum absolute atomic E-state index is 11.7. The lowest BCUT2D eigenvalue weighted by Gasteiger charge is -2.16. The van der Waals surface area contributed by atoms with E-state index in [9.17, 15) is 4.79 Å². The van der Waals surface area contributed by atoms with Gasteiger partial charge in [-0.25, -0.2) is 0 Å². The van der Waals surface area contributed by atoms with Crippen LogP contribution in [0.1, 0.15) is 13.8 Å². The van der Waals surface area contributed by atoms with Crippen molar-refractivity contribution in [3.8, 4) is 5.75 Å². The van der Waals surface area contributed by atoms with Crippen LogP contribution >= 0.6 is 28.1 Å². The number of hydrogen-bond acceptors (Lipinski definition) is 3. The van der Waals surface area contributed by atoms with E-state index in [1.54, 1.807) is 19.1 Å². The lowest BCUT2D eigenvalue weighted by molar-refractivity contribution is -0.127. The van der Waals surface area contributed by atoms with Crippen molar-refractivity contribution >= 4 is 39.2 Å². The molecule has 1 atom stereocenters. The summed E-state index contributed by atoms with van der Waals surface area (Å²) in [6.45, 7) is 4.26. The second-order valence-corrected chi connectivity index (χ2v) is 5.01. The monoisotopic (exact) mass is 345 g/mol. The first-order valence-corrected chi connectivity index (χ1v) is 6.99. The Morgan fingerprint density at radius 1 is 1.37 bits per heavy atom. The van der Waals surface area contributed by atoms with Crippen molar-refractivity contribution in [3.05, 3.63) is 28.7 Å². The van der Waals surface area contributed by atoms with Crippen LogP contribution in [0.2, 0.25) is 0 Å². The average molecular weight is 346 g/mol. The van der Waals surface area contributed by atoms with Gasteiger partial charge >= 0.3 is 0 Å². The Morgan fingerprint density at radius 2 is 2.00 bits per heavy atom. The molecule has 1 aromatic rings. The summed E-state index contributed by atoms with van der Waals surface area (Å²) in [6, 6.07) is 7.26. The van der Waals surface area contributed by atoms with Crippen molar-refractivity contribution in [3.63, 3.8) is 0 Å². The van der Waals surface area contributed by atoms with E-state index in [4.69, 9.17) is 17.0 Å². The first kappa shape index (κ1) is 15.7. The fourth-order valence-corrected chi connectivity index (χ4v) is 1.66. The van der Waals surface area contributed by atoms with Gasteiger partial charge < -0.3 is 10.1 Å². The Morgan fingerprint density at radius 3 is 2.58 bits per heavy atom. The highest BCUT2D eigenvalue weighted by atomic mass is 79.9. The predicted octanol–water partition coefficient (Wildman–Crippen LogP) is 1.73. The van der Waals surface area contributed by atoms with Crippen LogP contribution in [0, 0.1) is 0 Å². The number of nitrogens with one attached hydrogen (secondary N) is 3. The number of benzene rings is 1. The molecule has 5 nitrogen and oxygen atoms in total. The smallest absolute Gasteiger partial charge is 0.279 e. The van der Waals surface area contributed by atoms with E-state index in [-0.39, 0.29) is 5.91 Å². The highest BCUT2D eigenvalue weighted by molar-refractivity contribution is 9.10. The van der Waals surface area contributed by atoms with E-state index in [0.29, 0.717) is 17.4 Å². The minimum Gasteiger partial charge on any atom is -0.481 e. The van der Waals surface area contributed by atoms with E-state index in [0.717, 1.165) is 4.47 Å². The lowest BCUT2D eigenvalue weighted by atomic mass is 10.3. The fraction of sp³-hybridized carbons (Fsp3) is 0.333. The molecule has 0 aliphatic carbocycles. The summed E-state index contributed by atoms with van der Waals surface area (Å²) >= 11 is 8.25. The molecule has 0 heterocycles. The summed E-state index contributed by atoms with van der Waals surface area (Å²) < 4.78 is 6.44. The number of halogens is 1. The van der Waals surface area contributed by atoms with Crippen LogP contribution < -0.4 is 20.9 Å². The van der Waals surface area contributed by atoms with Gasteiger partial charge in [0.05, 0.1) is 0 Å². The molecule has 0 radical (unpaired) electrons. The van der Waals surface area contributed by atoms with Crippen LogP contribution in [0.3, 0.4) is 0 Å². The SMILES string of the molecule is CCNC(=S)NNC(=O)[C@@H](C)Oc1ccc(Br)cc1. The van der Waals surface area contributed by atoms with Crippen molar-refractivity contribution in [1.29, 1.82) is 0 Å². The molecule has 0 spiro atoms. The number of hydrazine groups is 1. The van der Waals surface area contributed by atoms with Gasteiger partial charge in [0, 0.05) is 11.0 Å². The Labute approximate surface area is 126 Å². The maximum Gasteiger partial charge on any atom is 0.279 e. The van der Waals surface area contributed by atoms with Gasteiger partial charge in [-0.05, 0) is 50.3 Å². The zero-order valence-electron chi connectivity index (χ0n) is 10.7. The first-order chi connectivity index (χ1) is 9.02. The highest BCUT2D eigenvalue weighted by Gasteiger charge is 2.14. The third-order valence-corrected chi connectivity index (χ3v) is 2.91. The summed E-state index contributed by atoms with van der Waals surface area (Å²) in [4.78, 5) is 11.7. The number of amides is 1. The number of rotatable bonds is 4. The molecular weight excluding hydrogens is 330 g/mol. The van der Waals surface area contributed by atoms with Gasteiger partial charge in [-0.2, -0.15) is 0 Å². The first-order valence-electron chi connectivity index (χ1n) is 5.79. The summed E-state index contributed by atoms with van der Waals surface area (Å²) in [7, 11) is 0. The number of thiocarbonyl (C=S) groups is 1. The molecule has 0 saturated carbocycles. The van der Waals surface area contributed by atoms with Crippen LogP contribution in [-0.2, 0) is 4.79 Å². The third kappa shape index (κ3) is 5.89. The number of ether oxygens (including phenoxy) is 1. The molecular formula is C12H16BrN3O2S. The van der Waals surface area contributed by atoms with Crippen LogP contribution in [0.25, 0.3) is 0 Å². The molecule has 1 aromatic carbocycles. The molecule has 0 aromatic heterocycles. The van der Waals surface area contributed by atoms with Crippen molar-refractivity contribution in [2.24, 2.45) is 0 Å². The van der Waals surface area contributed by atoms with Crippen molar-refractivity contribution in [2.75, 3.05) is 6.54 Å². The maximum atomic E-state index is 11.7. The normalized spacial score (nSPS) is 11.3. The van der Waals surface area contributed by atoms with Gasteiger partial charge in [0.25, 0.3) is 5.91 Å². The molecule has 0 fully saturated rings. The molecule has 0 bridgehead atoms. The van der Waals surface area contributed by atoms with Gasteiger partial charge in [-0.15, -0.1) is 0 Å². The molecule has 19 heavy (non-hydrogen) atoms. The van der Waals surface area contributed by atoms with Gasteiger partial charge in [0.1, 0.15) is 5.75 Å². The number of hydrogen-bond donors (Lipinski definition) is 3. The zero-order chi connectivity index (χ0) is 14.3. The zero-order valence-corrected chi connectivity index (χ0v) is 13.1. The number of carbonyl (C=O) groups is 1. The highest BCUT2D eigenvalue weighted by Crippen LogP contribution is 2.17. The molecule has 0 aliphatic rings. The third-order valence-electron chi connectivity index (χ3n) is 2.13. The minimum atomic E-state index is -0.627. The molecule has 7 heteroatoms. The van der Waals surface area contributed by atoms with E-state index in [2.05, 4.69) is 32.1 Å². The Hall–Kier alpha value is -1.34. The van der Waals surface area contributed by atoms with Crippen LogP contribution in [-0.4, -0.2) is 23.7 Å². The molecule has 1 rings (SSSR count). The Kier molecular flexibility index (Phi) is 6.58. The van der Waals surface area contributed by atoms with Gasteiger partial charge in [0.2, 0.25) is 0 Å². The van der Waals surface area contributed by atoms with Gasteiger partial charge in [-0.1, -0.05) is 15.9 Å². The molecule has 0 unspecified atom stereocenters. The van der Waals surface area contributed by atoms with Crippen molar-refractivity contribution in [1.82, 2.24) is 16.2 Å². The van der Waals surface area contributed by atoms with E-state index in [1.807, 2.05) is 19.1 Å². The summed E-state index contributed by atoms with van der Waals surface area (Å²) in [5, 5.41) is 3.22. The van der Waals surface area contributed by atoms with Crippen LogP contribution in [0.4, 0.5) is 0 Å². The van der Waals surface area contributed by atoms with Crippen LogP contribution in [0.5, 0.6) is 5.75 Å². The summed E-state index contributed by atoms with van der Waals surface area (Å²) in [6.07, 6.45) is -0.627. The molecule has 1 amide bonds. The van der Waals surface area contributed by atoms with Crippen molar-refractivity contribution < 1.29 is 9.53 Å². The molecule has 104 valence electrons. The second-order valence-electron chi connectivity index (χ2n) is 3.69. The van der Waals surface area contributed by atoms with E-state index in [1.165, 1.54) is 0 Å². The molecule has 0 aliphatic heterocycles. The quantitative estimate of drug-likeness (QED) is 0.573. The molecule has 3 N–H and O–H groups in total.